The van der Waals surface area contributed by atoms with Gasteiger partial charge in [0.25, 0.3) is 0 Å². The molecule has 676 valence electrons. The molecule has 9 aliphatic rings. The summed E-state index contributed by atoms with van der Waals surface area (Å²) in [5, 5.41) is 319. The minimum Gasteiger partial charge on any atom is -0.504 e. The number of ether oxygens (including phenoxy) is 11. The molecule has 1 aliphatic carbocycles. The van der Waals surface area contributed by atoms with E-state index in [0.717, 1.165) is 0 Å². The predicted molar refractivity (Wildman–Crippen MR) is 402 cm³/mol. The van der Waals surface area contributed by atoms with Gasteiger partial charge in [0, 0.05) is 55.6 Å². The highest BCUT2D eigenvalue weighted by Gasteiger charge is 2.77. The fourth-order valence-electron chi connectivity index (χ4n) is 17.0. The molecule has 131 heavy (non-hydrogen) atoms. The van der Waals surface area contributed by atoms with Crippen LogP contribution in [0.4, 0.5) is 0 Å². The predicted octanol–water partition coefficient (Wildman–Crippen LogP) is 2.24. The molecular formula is C81H52O50. The Labute approximate surface area is 717 Å². The van der Waals surface area contributed by atoms with Gasteiger partial charge in [-0.3, -0.25) is 9.59 Å². The zero-order chi connectivity index (χ0) is 94.9. The zero-order valence-electron chi connectivity index (χ0n) is 64.0. The van der Waals surface area contributed by atoms with Crippen LogP contribution in [0.25, 0.3) is 39.0 Å². The van der Waals surface area contributed by atoms with Crippen LogP contribution in [0.3, 0.4) is 0 Å². The molecule has 8 bridgehead atoms. The quantitative estimate of drug-likeness (QED) is 0.0645. The molecular weight excluding hydrogens is 1770 g/mol. The first-order chi connectivity index (χ1) is 61.7. The van der Waals surface area contributed by atoms with Crippen molar-refractivity contribution in [1.82, 2.24) is 0 Å². The maximum Gasteiger partial charge on any atom is 0.339 e. The van der Waals surface area contributed by atoms with Crippen molar-refractivity contribution in [2.75, 3.05) is 13.2 Å². The van der Waals surface area contributed by atoms with Crippen molar-refractivity contribution in [2.45, 2.75) is 66.5 Å². The van der Waals surface area contributed by atoms with E-state index in [9.17, 15) is 157 Å². The van der Waals surface area contributed by atoms with Gasteiger partial charge in [0.2, 0.25) is 57.4 Å². The third kappa shape index (κ3) is 11.9. The molecule has 0 radical (unpaired) electrons. The van der Waals surface area contributed by atoms with E-state index in [0.29, 0.717) is 12.1 Å². The van der Waals surface area contributed by atoms with Gasteiger partial charge >= 0.3 is 59.7 Å². The van der Waals surface area contributed by atoms with E-state index >= 15 is 38.4 Å². The third-order valence-corrected chi connectivity index (χ3v) is 22.9. The number of phenolic OH excluding ortho intramolecular Hbond substituents is 26. The van der Waals surface area contributed by atoms with Crippen LogP contribution in [0, 0.1) is 5.92 Å². The van der Waals surface area contributed by atoms with Gasteiger partial charge in [-0.05, 0) is 54.6 Å². The number of phenols is 26. The number of aliphatic hydroxyl groups is 2. The van der Waals surface area contributed by atoms with Gasteiger partial charge < -0.3 is 195 Å². The molecule has 9 aromatic rings. The van der Waals surface area contributed by atoms with Crippen LogP contribution >= 0.6 is 0 Å². The van der Waals surface area contributed by atoms with E-state index < -0.39 is 418 Å². The summed E-state index contributed by atoms with van der Waals surface area (Å²) in [6.45, 7) is -3.93. The lowest BCUT2D eigenvalue weighted by atomic mass is 9.66. The molecule has 9 aromatic carbocycles. The fourth-order valence-corrected chi connectivity index (χ4v) is 17.0. The lowest BCUT2D eigenvalue weighted by molar-refractivity contribution is -0.200. The molecule has 50 nitrogen and oxygen atoms in total. The van der Waals surface area contributed by atoms with Gasteiger partial charge in [0.15, 0.2) is 164 Å². The Morgan fingerprint density at radius 1 is 0.305 bits per heavy atom. The summed E-state index contributed by atoms with van der Waals surface area (Å²) in [4.78, 5) is 171. The standard InChI is InChI=1S/C81H52O50/c82-20-1-12(2-21(83)44(20)91)71(111)123-29-10-121-72(112)13-3-22(84)45(92)52(99)31(13)33-15(5-24(86)47(94)54(33)101)75(115)125-63(29)68-66-42-37-19(9-28(90)51(98)65(37)131-81(42)43(80(120)127-66)40(61(108)70(81)110)36-18(78(118)129-68)8-27(89)50(97)57(36)104)74(114)124-30-11-122-73(113)14-4-23(85)46(93)53(100)32(14)34-16(6-25(87)48(95)55(34)102)76(116)126-64(30)69-67-60(107)41-39(79(119)128-67)38(58(105)62(109)59(41)106)35-17(77(117)130-69)7-26(88)49(96)56(35)103/h1-9,29-30,42-43,60,63-64,66-69,82-109H,10-11H2/t29-,30-,42-,43-,60-,63-,64-,66-,67+,68+,69+,81?/m1/s1. The molecule has 1 fully saturated rings. The smallest absolute Gasteiger partial charge is 0.339 e. The molecule has 18 rings (SSSR count). The Morgan fingerprint density at radius 3 is 1.06 bits per heavy atom. The molecule has 8 aliphatic heterocycles. The van der Waals surface area contributed by atoms with Crippen molar-refractivity contribution < 1.29 is 248 Å². The Bertz CT molecular complexity index is 6890. The molecule has 0 amide bonds. The summed E-state index contributed by atoms with van der Waals surface area (Å²) in [5.41, 5.74) is -30.8. The number of carbonyl (C=O) groups excluding carboxylic acids is 11. The first-order valence-corrected chi connectivity index (χ1v) is 36.9. The minimum absolute atomic E-state index is 0.0682. The summed E-state index contributed by atoms with van der Waals surface area (Å²) < 4.78 is 64.8. The van der Waals surface area contributed by atoms with Crippen LogP contribution < -0.4 is 4.74 Å². The van der Waals surface area contributed by atoms with E-state index in [4.69, 9.17) is 52.1 Å². The summed E-state index contributed by atoms with van der Waals surface area (Å²) in [5.74, 6) is -75.9. The highest BCUT2D eigenvalue weighted by molar-refractivity contribution is 6.22. The van der Waals surface area contributed by atoms with E-state index in [1.165, 1.54) is 0 Å². The Balaban J connectivity index is 0.916. The monoisotopic (exact) mass is 1820 g/mol. The summed E-state index contributed by atoms with van der Waals surface area (Å²) in [6, 6.07) is 1.86. The van der Waals surface area contributed by atoms with Gasteiger partial charge in [-0.15, -0.1) is 0 Å². The summed E-state index contributed by atoms with van der Waals surface area (Å²) in [6.07, 6.45) is -29.3. The van der Waals surface area contributed by atoms with Gasteiger partial charge in [0.1, 0.15) is 25.2 Å². The second kappa shape index (κ2) is 29.0. The van der Waals surface area contributed by atoms with E-state index in [1.807, 2.05) is 0 Å². The molecule has 0 saturated carbocycles. The number of Topliss-reactive ketones (excluding diaryl/α,β-unsaturated/α-hetero) is 1. The maximum atomic E-state index is 16.6. The summed E-state index contributed by atoms with van der Waals surface area (Å²) in [7, 11) is 0. The minimum atomic E-state index is -3.85. The summed E-state index contributed by atoms with van der Waals surface area (Å²) >= 11 is 0. The van der Waals surface area contributed by atoms with Crippen LogP contribution in [0.5, 0.6) is 155 Å². The molecule has 1 spiro atoms. The van der Waals surface area contributed by atoms with Gasteiger partial charge in [-0.2, -0.15) is 0 Å². The van der Waals surface area contributed by atoms with E-state index in [2.05, 4.69) is 0 Å². The van der Waals surface area contributed by atoms with Crippen molar-refractivity contribution in [3.05, 3.63) is 127 Å². The molecule has 50 heteroatoms. The first kappa shape index (κ1) is 84.7. The van der Waals surface area contributed by atoms with Crippen molar-refractivity contribution in [2.24, 2.45) is 5.92 Å². The van der Waals surface area contributed by atoms with Gasteiger partial charge in [0.05, 0.1) is 56.0 Å². The highest BCUT2D eigenvalue weighted by atomic mass is 16.7. The average Bonchev–Trinajstić information content (AvgIpc) is 1.50. The number of rotatable bonds is 6. The van der Waals surface area contributed by atoms with E-state index in [1.54, 1.807) is 0 Å². The van der Waals surface area contributed by atoms with Crippen molar-refractivity contribution in [3.8, 4) is 189 Å². The normalized spacial score (nSPS) is 22.8. The second-order valence-electron chi connectivity index (χ2n) is 29.9. The molecule has 0 aromatic heterocycles. The largest absolute Gasteiger partial charge is 0.504 e. The van der Waals surface area contributed by atoms with Crippen LogP contribution in [0.2, 0.25) is 0 Å². The highest BCUT2D eigenvalue weighted by Crippen LogP contribution is 2.68. The lowest BCUT2D eigenvalue weighted by Crippen LogP contribution is -2.65. The first-order valence-electron chi connectivity index (χ1n) is 36.9. The van der Waals surface area contributed by atoms with Crippen molar-refractivity contribution in [3.63, 3.8) is 0 Å². The van der Waals surface area contributed by atoms with Gasteiger partial charge in [-0.1, -0.05) is 0 Å². The average molecular weight is 1830 g/mol. The van der Waals surface area contributed by atoms with Crippen LogP contribution in [0.15, 0.2) is 60.4 Å². The molecule has 12 atom stereocenters. The SMILES string of the molecule is O=C(O[C@@H]1COC(=O)c2cc(O)c(O)c(O)c2-c2c(cc(O)c(O)c2O)C(=O)O[C@H]1[C@@H]1OC(=O)c2cc(O)c(O)c(O)c2C2=C(O)C(=O)C34Oc5c(O)c(O)cc(C(=O)O[C@@H]6COC(=O)c7cc(O)c(O)c(O)c7-c7c(cc(O)c(O)c7O)C(=O)O[C@H]6[C@@H]6OC(=O)c7cc(O)c(O)c(O)c7-c7c(O)c(O)c(O)c8c7C(=O)O[C@H]6[C@@H]8O)c5[C@@H]3[C@H]1OC(=O)[C@@H]24)c1cc(O)c(O)c(O)c1. The zero-order valence-corrected chi connectivity index (χ0v) is 64.0. The number of hydrogen-bond donors (Lipinski definition) is 28. The fraction of sp³-hybridized carbons (Fsp3) is 0.173. The number of ketones is 1. The number of esters is 10. The molecule has 1 saturated heterocycles. The lowest BCUT2D eigenvalue weighted by Gasteiger charge is -2.47. The van der Waals surface area contributed by atoms with Crippen molar-refractivity contribution in [1.29, 1.82) is 0 Å². The number of fused-ring (bicyclic) bond motifs is 12. The Hall–Kier alpha value is -18.5. The van der Waals surface area contributed by atoms with E-state index in [-0.39, 0.29) is 42.5 Å². The van der Waals surface area contributed by atoms with Crippen LogP contribution in [0.1, 0.15) is 122 Å². The third-order valence-electron chi connectivity index (χ3n) is 22.9. The maximum absolute atomic E-state index is 16.6. The Morgan fingerprint density at radius 2 is 0.641 bits per heavy atom. The van der Waals surface area contributed by atoms with Gasteiger partial charge in [-0.25, -0.2) is 43.2 Å². The molecule has 8 heterocycles. The van der Waals surface area contributed by atoms with Crippen LogP contribution in [-0.4, -0.2) is 276 Å². The topological polar surface area (TPSA) is 856 Å². The number of benzene rings is 9. The molecule has 1 unspecified atom stereocenters. The number of carbonyl (C=O) groups is 11. The van der Waals surface area contributed by atoms with Crippen molar-refractivity contribution >= 4 is 71.0 Å². The van der Waals surface area contributed by atoms with Crippen LogP contribution in [-0.2, 0) is 57.0 Å². The number of cyclic esters (lactones) is 5. The number of aliphatic hydroxyl groups excluding tert-OH is 2. The number of hydrogen-bond acceptors (Lipinski definition) is 50. The number of aromatic hydroxyl groups is 26. The Kier molecular flexibility index (Phi) is 18.8. The second-order valence-corrected chi connectivity index (χ2v) is 29.9. The molecule has 28 N–H and O–H groups in total.